The van der Waals surface area contributed by atoms with Gasteiger partial charge >= 0.3 is 11.7 Å². The number of imidazole rings is 1. The number of hydrogen-bond acceptors (Lipinski definition) is 5. The monoisotopic (exact) mass is 403 g/mol. The number of carbonyl (C=O) groups excluding carboxylic acids is 1. The number of anilines is 2. The maximum atomic E-state index is 12.2. The Morgan fingerprint density at radius 2 is 1.79 bits per heavy atom. The molecule has 0 spiro atoms. The van der Waals surface area contributed by atoms with Crippen molar-refractivity contribution in [2.24, 2.45) is 0 Å². The van der Waals surface area contributed by atoms with E-state index in [1.807, 2.05) is 6.92 Å². The number of urea groups is 1. The highest BCUT2D eigenvalue weighted by atomic mass is 32.2. The first-order valence-electron chi connectivity index (χ1n) is 8.68. The second-order valence-corrected chi connectivity index (χ2v) is 7.63. The van der Waals surface area contributed by atoms with E-state index in [0.717, 1.165) is 5.52 Å². The van der Waals surface area contributed by atoms with Gasteiger partial charge in [0.25, 0.3) is 0 Å². The number of rotatable bonds is 6. The first kappa shape index (κ1) is 19.6. The van der Waals surface area contributed by atoms with Crippen LogP contribution in [0.5, 0.6) is 0 Å². The predicted molar refractivity (Wildman–Crippen MR) is 108 cm³/mol. The Balaban J connectivity index is 1.70. The highest BCUT2D eigenvalue weighted by Gasteiger charge is 2.11. The van der Waals surface area contributed by atoms with Gasteiger partial charge in [0.2, 0.25) is 0 Å². The van der Waals surface area contributed by atoms with E-state index in [4.69, 9.17) is 8.96 Å². The summed E-state index contributed by atoms with van der Waals surface area (Å²) in [6, 6.07) is 10.7. The van der Waals surface area contributed by atoms with Crippen molar-refractivity contribution in [3.05, 3.63) is 52.9 Å². The molecule has 4 N–H and O–H groups in total. The normalized spacial score (nSPS) is 13.2. The van der Waals surface area contributed by atoms with Crippen molar-refractivity contribution in [2.75, 3.05) is 17.2 Å². The average Bonchev–Trinajstić information content (AvgIpc) is 2.96. The number of aryl methyl sites for hydroxylation is 1. The van der Waals surface area contributed by atoms with Gasteiger partial charge in [-0.2, -0.15) is 0 Å². The molecular formula is C18H21N5O4S. The van der Waals surface area contributed by atoms with Crippen LogP contribution >= 0.6 is 0 Å². The fourth-order valence-corrected chi connectivity index (χ4v) is 3.76. The van der Waals surface area contributed by atoms with E-state index in [1.54, 1.807) is 41.8 Å². The third kappa shape index (κ3) is 4.07. The number of nitrogens with one attached hydrogen (secondary N) is 4. The second-order valence-electron chi connectivity index (χ2n) is 5.92. The lowest BCUT2D eigenvalue weighted by molar-refractivity contribution is 0.262. The second kappa shape index (κ2) is 7.87. The molecule has 1 aromatic heterocycles. The Labute approximate surface area is 161 Å². The molecule has 9 nitrogen and oxygen atoms in total. The maximum absolute atomic E-state index is 12.2. The Hall–Kier alpha value is -3.11. The third-order valence-corrected chi connectivity index (χ3v) is 5.51. The zero-order valence-corrected chi connectivity index (χ0v) is 16.3. The van der Waals surface area contributed by atoms with E-state index in [-0.39, 0.29) is 17.2 Å². The van der Waals surface area contributed by atoms with Crippen LogP contribution in [0.25, 0.3) is 11.0 Å². The van der Waals surface area contributed by atoms with Crippen LogP contribution in [0.2, 0.25) is 0 Å². The molecule has 0 saturated carbocycles. The van der Waals surface area contributed by atoms with Crippen LogP contribution < -0.4 is 16.3 Å². The third-order valence-electron chi connectivity index (χ3n) is 4.05. The van der Waals surface area contributed by atoms with Crippen molar-refractivity contribution in [2.45, 2.75) is 25.3 Å². The maximum Gasteiger partial charge on any atom is 0.326 e. The number of hydrogen-bond donors (Lipinski definition) is 4. The smallest absolute Gasteiger partial charge is 0.308 e. The van der Waals surface area contributed by atoms with Crippen molar-refractivity contribution in [1.82, 2.24) is 9.55 Å². The lowest BCUT2D eigenvalue weighted by atomic mass is 10.2. The number of aromatic nitrogens is 2. The van der Waals surface area contributed by atoms with Crippen LogP contribution in [0.4, 0.5) is 16.2 Å². The molecule has 0 fully saturated rings. The summed E-state index contributed by atoms with van der Waals surface area (Å²) in [6.07, 6.45) is 0. The predicted octanol–water partition coefficient (Wildman–Crippen LogP) is 3.35. The Kier molecular flexibility index (Phi) is 5.52. The van der Waals surface area contributed by atoms with Crippen molar-refractivity contribution < 1.29 is 13.2 Å². The van der Waals surface area contributed by atoms with E-state index in [2.05, 4.69) is 15.6 Å². The SMILES string of the molecule is CCOS(=N)(=O)c1ccc(NC(=O)Nc2ccc3c(c2)[nH]c(=O)n3CC)cc1. The van der Waals surface area contributed by atoms with Gasteiger partial charge in [0.1, 0.15) is 0 Å². The minimum absolute atomic E-state index is 0.169. The molecule has 0 aliphatic rings. The van der Waals surface area contributed by atoms with Gasteiger partial charge in [-0.05, 0) is 56.3 Å². The van der Waals surface area contributed by atoms with Crippen molar-refractivity contribution in [1.29, 1.82) is 4.78 Å². The largest absolute Gasteiger partial charge is 0.326 e. The lowest BCUT2D eigenvalue weighted by Gasteiger charge is -2.10. The molecule has 1 atom stereocenters. The molecule has 1 heterocycles. The van der Waals surface area contributed by atoms with E-state index < -0.39 is 16.0 Å². The molecule has 2 amide bonds. The van der Waals surface area contributed by atoms with Crippen LogP contribution in [0.3, 0.4) is 0 Å². The van der Waals surface area contributed by atoms with Gasteiger partial charge in [0.15, 0.2) is 10.0 Å². The van der Waals surface area contributed by atoms with Crippen LogP contribution in [0.1, 0.15) is 13.8 Å². The number of aromatic amines is 1. The van der Waals surface area contributed by atoms with Crippen LogP contribution in [0, 0.1) is 4.78 Å². The van der Waals surface area contributed by atoms with Gasteiger partial charge in [-0.15, -0.1) is 0 Å². The molecule has 3 rings (SSSR count). The molecule has 0 aliphatic heterocycles. The fraction of sp³-hybridized carbons (Fsp3) is 0.222. The summed E-state index contributed by atoms with van der Waals surface area (Å²) >= 11 is 0. The first-order chi connectivity index (χ1) is 13.3. The molecule has 28 heavy (non-hydrogen) atoms. The van der Waals surface area contributed by atoms with Crippen LogP contribution in [0.15, 0.2) is 52.2 Å². The number of amides is 2. The molecule has 1 unspecified atom stereocenters. The lowest BCUT2D eigenvalue weighted by Crippen LogP contribution is -2.19. The van der Waals surface area contributed by atoms with E-state index >= 15 is 0 Å². The molecule has 3 aromatic rings. The van der Waals surface area contributed by atoms with Gasteiger partial charge < -0.3 is 15.6 Å². The summed E-state index contributed by atoms with van der Waals surface area (Å²) in [6.45, 7) is 4.27. The first-order valence-corrected chi connectivity index (χ1v) is 10.2. The zero-order valence-electron chi connectivity index (χ0n) is 15.4. The molecule has 2 aromatic carbocycles. The average molecular weight is 403 g/mol. The van der Waals surface area contributed by atoms with E-state index in [0.29, 0.717) is 23.4 Å². The Bertz CT molecular complexity index is 1160. The summed E-state index contributed by atoms with van der Waals surface area (Å²) in [5.74, 6) is 0. The molecule has 0 radical (unpaired) electrons. The summed E-state index contributed by atoms with van der Waals surface area (Å²) in [5, 5.41) is 5.35. The molecule has 10 heteroatoms. The van der Waals surface area contributed by atoms with E-state index in [1.165, 1.54) is 12.1 Å². The number of nitrogens with zero attached hydrogens (tertiary/aromatic N) is 1. The number of fused-ring (bicyclic) bond motifs is 1. The van der Waals surface area contributed by atoms with E-state index in [9.17, 15) is 13.8 Å². The molecular weight excluding hydrogens is 382 g/mol. The van der Waals surface area contributed by atoms with Gasteiger partial charge in [-0.1, -0.05) is 0 Å². The molecule has 148 valence electrons. The quantitative estimate of drug-likeness (QED) is 0.503. The highest BCUT2D eigenvalue weighted by molar-refractivity contribution is 7.87. The van der Waals surface area contributed by atoms with Crippen molar-refractivity contribution in [3.8, 4) is 0 Å². The molecule has 0 aliphatic carbocycles. The van der Waals surface area contributed by atoms with Gasteiger partial charge in [-0.3, -0.25) is 8.75 Å². The summed E-state index contributed by atoms with van der Waals surface area (Å²) in [4.78, 5) is 27.0. The number of H-pyrrole nitrogens is 1. The van der Waals surface area contributed by atoms with Crippen molar-refractivity contribution in [3.63, 3.8) is 0 Å². The summed E-state index contributed by atoms with van der Waals surface area (Å²) in [5.41, 5.74) is 2.20. The van der Waals surface area contributed by atoms with Crippen LogP contribution in [-0.2, 0) is 20.7 Å². The van der Waals surface area contributed by atoms with Crippen molar-refractivity contribution >= 4 is 38.4 Å². The molecule has 0 saturated heterocycles. The van der Waals surface area contributed by atoms with Gasteiger partial charge in [-0.25, -0.2) is 18.6 Å². The minimum Gasteiger partial charge on any atom is -0.308 e. The van der Waals surface area contributed by atoms with Gasteiger partial charge in [0.05, 0.1) is 22.5 Å². The standard InChI is InChI=1S/C18H21N5O4S/c1-3-23-16-10-7-13(11-15(16)22-18(23)25)21-17(24)20-12-5-8-14(9-6-12)28(19,26)27-4-2/h5-11,19H,3-4H2,1-2H3,(H,22,25)(H2,20,21,24). The molecule has 0 bridgehead atoms. The Morgan fingerprint density at radius 3 is 2.43 bits per heavy atom. The summed E-state index contributed by atoms with van der Waals surface area (Å²) < 4.78 is 26.3. The number of benzene rings is 2. The van der Waals surface area contributed by atoms with Crippen LogP contribution in [-0.4, -0.2) is 26.4 Å². The van der Waals surface area contributed by atoms with Gasteiger partial charge in [0, 0.05) is 17.9 Å². The fourth-order valence-electron chi connectivity index (χ4n) is 2.80. The Morgan fingerprint density at radius 1 is 1.14 bits per heavy atom. The number of carbonyl (C=O) groups is 1. The zero-order chi connectivity index (χ0) is 20.3. The summed E-state index contributed by atoms with van der Waals surface area (Å²) in [7, 11) is -3.29. The highest BCUT2D eigenvalue weighted by Crippen LogP contribution is 2.19. The minimum atomic E-state index is -3.29. The topological polar surface area (TPSA) is 129 Å².